The Kier molecular flexibility index (Phi) is 1.64. The van der Waals surface area contributed by atoms with Crippen molar-refractivity contribution in [2.45, 2.75) is 18.4 Å². The highest BCUT2D eigenvalue weighted by Gasteiger charge is 2.36. The van der Waals surface area contributed by atoms with E-state index in [0.29, 0.717) is 0 Å². The Bertz CT molecular complexity index is 207. The van der Waals surface area contributed by atoms with Crippen LogP contribution in [0.4, 0.5) is 0 Å². The Morgan fingerprint density at radius 1 is 1.70 bits per heavy atom. The van der Waals surface area contributed by atoms with Crippen LogP contribution in [-0.4, -0.2) is 18.6 Å². The summed E-state index contributed by atoms with van der Waals surface area (Å²) in [5.74, 6) is 4.42. The Morgan fingerprint density at radius 2 is 2.30 bits per heavy atom. The molecule has 1 saturated carbocycles. The Hall–Kier alpha value is -1.01. The second kappa shape index (κ2) is 2.31. The molecule has 0 saturated heterocycles. The molecule has 1 aliphatic rings. The summed E-state index contributed by atoms with van der Waals surface area (Å²) in [6, 6.07) is 0. The molecule has 0 radical (unpaired) electrons. The summed E-state index contributed by atoms with van der Waals surface area (Å²) < 4.78 is 4.31. The minimum atomic E-state index is -0.517. The van der Waals surface area contributed by atoms with Crippen molar-refractivity contribution in [2.24, 2.45) is 5.73 Å². The normalized spacial score (nSPS) is 18.6. The zero-order valence-electron chi connectivity index (χ0n) is 5.81. The third-order valence-electron chi connectivity index (χ3n) is 1.39. The van der Waals surface area contributed by atoms with Gasteiger partial charge in [0, 0.05) is 5.92 Å². The second-order valence-electron chi connectivity index (χ2n) is 2.40. The molecular weight excluding hydrogens is 130 g/mol. The maximum absolute atomic E-state index is 10.4. The number of hydrogen-bond donors (Lipinski definition) is 1. The third kappa shape index (κ3) is 1.74. The summed E-state index contributed by atoms with van der Waals surface area (Å²) in [6.07, 6.45) is 1.77. The highest BCUT2D eigenvalue weighted by molar-refractivity contribution is 5.88. The van der Waals surface area contributed by atoms with Gasteiger partial charge in [-0.15, -0.1) is 0 Å². The monoisotopic (exact) mass is 139 g/mol. The smallest absolute Gasteiger partial charge is 0.384 e. The molecule has 0 spiro atoms. The van der Waals surface area contributed by atoms with Crippen LogP contribution in [0.2, 0.25) is 0 Å². The van der Waals surface area contributed by atoms with Crippen molar-refractivity contribution >= 4 is 5.97 Å². The van der Waals surface area contributed by atoms with Gasteiger partial charge in [-0.25, -0.2) is 4.79 Å². The molecule has 0 aromatic heterocycles. The minimum Gasteiger partial charge on any atom is -0.459 e. The number of ether oxygens (including phenoxy) is 1. The second-order valence-corrected chi connectivity index (χ2v) is 2.40. The van der Waals surface area contributed by atoms with Gasteiger partial charge in [-0.2, -0.15) is 0 Å². The lowest BCUT2D eigenvalue weighted by Gasteiger charge is -1.92. The zero-order valence-corrected chi connectivity index (χ0v) is 5.81. The minimum absolute atomic E-state index is 0.381. The molecule has 0 heterocycles. The first-order chi connectivity index (χ1) is 4.66. The van der Waals surface area contributed by atoms with Crippen LogP contribution in [0, 0.1) is 11.8 Å². The van der Waals surface area contributed by atoms with E-state index >= 15 is 0 Å². The number of carbonyl (C=O) groups is 1. The van der Waals surface area contributed by atoms with Crippen molar-refractivity contribution in [3.05, 3.63) is 0 Å². The molecule has 1 rings (SSSR count). The van der Waals surface area contributed by atoms with Crippen molar-refractivity contribution in [1.29, 1.82) is 0 Å². The number of methoxy groups -OCH3 is 1. The van der Waals surface area contributed by atoms with Crippen molar-refractivity contribution in [3.63, 3.8) is 0 Å². The van der Waals surface area contributed by atoms with Gasteiger partial charge in [0.25, 0.3) is 0 Å². The fourth-order valence-corrected chi connectivity index (χ4v) is 0.486. The van der Waals surface area contributed by atoms with E-state index in [4.69, 9.17) is 5.73 Å². The van der Waals surface area contributed by atoms with Crippen LogP contribution in [0.3, 0.4) is 0 Å². The van der Waals surface area contributed by atoms with Gasteiger partial charge in [0.15, 0.2) is 0 Å². The zero-order chi connectivity index (χ0) is 7.61. The summed E-state index contributed by atoms with van der Waals surface area (Å²) in [5.41, 5.74) is 5.19. The largest absolute Gasteiger partial charge is 0.459 e. The Balaban J connectivity index is 2.46. The lowest BCUT2D eigenvalue weighted by Crippen LogP contribution is -2.18. The maximum atomic E-state index is 10.4. The maximum Gasteiger partial charge on any atom is 0.384 e. The van der Waals surface area contributed by atoms with E-state index in [9.17, 15) is 4.79 Å². The molecule has 54 valence electrons. The van der Waals surface area contributed by atoms with Crippen LogP contribution in [-0.2, 0) is 9.53 Å². The highest BCUT2D eigenvalue weighted by Crippen LogP contribution is 2.30. The predicted octanol–water partition coefficient (Wildman–Crippen LogP) is -0.346. The number of rotatable bonds is 0. The molecule has 10 heavy (non-hydrogen) atoms. The van der Waals surface area contributed by atoms with Gasteiger partial charge in [0.1, 0.15) is 0 Å². The molecule has 3 heteroatoms. The van der Waals surface area contributed by atoms with Crippen LogP contribution in [0.15, 0.2) is 0 Å². The third-order valence-corrected chi connectivity index (χ3v) is 1.39. The molecule has 0 unspecified atom stereocenters. The number of nitrogens with two attached hydrogens (primary N) is 1. The molecule has 0 atom stereocenters. The Morgan fingerprint density at radius 3 is 2.70 bits per heavy atom. The molecule has 2 N–H and O–H groups in total. The van der Waals surface area contributed by atoms with Crippen LogP contribution < -0.4 is 5.73 Å². The molecular formula is C7H9NO2. The average molecular weight is 139 g/mol. The highest BCUT2D eigenvalue weighted by atomic mass is 16.5. The predicted molar refractivity (Wildman–Crippen MR) is 35.9 cm³/mol. The summed E-state index contributed by atoms with van der Waals surface area (Å²) in [6.45, 7) is 0. The molecule has 0 aromatic carbocycles. The number of carbonyl (C=O) groups excluding carboxylic acids is 1. The Labute approximate surface area is 59.5 Å². The van der Waals surface area contributed by atoms with Gasteiger partial charge in [-0.1, -0.05) is 5.92 Å². The van der Waals surface area contributed by atoms with E-state index in [-0.39, 0.29) is 5.54 Å². The van der Waals surface area contributed by atoms with Gasteiger partial charge in [0.2, 0.25) is 0 Å². The average Bonchev–Trinajstić information content (AvgIpc) is 2.64. The van der Waals surface area contributed by atoms with Crippen molar-refractivity contribution in [1.82, 2.24) is 0 Å². The number of esters is 1. The van der Waals surface area contributed by atoms with Gasteiger partial charge in [-0.3, -0.25) is 0 Å². The summed E-state index contributed by atoms with van der Waals surface area (Å²) in [5, 5.41) is 0. The topological polar surface area (TPSA) is 52.3 Å². The van der Waals surface area contributed by atoms with E-state index in [0.717, 1.165) is 12.8 Å². The molecule has 0 aliphatic heterocycles. The molecule has 1 fully saturated rings. The summed E-state index contributed by atoms with van der Waals surface area (Å²) in [4.78, 5) is 10.4. The first kappa shape index (κ1) is 7.10. The van der Waals surface area contributed by atoms with Crippen LogP contribution in [0.25, 0.3) is 0 Å². The van der Waals surface area contributed by atoms with Crippen LogP contribution >= 0.6 is 0 Å². The van der Waals surface area contributed by atoms with Gasteiger partial charge in [0.05, 0.1) is 12.6 Å². The first-order valence-electron chi connectivity index (χ1n) is 3.06. The SMILES string of the molecule is COC(=O)C#CC1(N)CC1. The van der Waals surface area contributed by atoms with Crippen LogP contribution in [0.5, 0.6) is 0 Å². The molecule has 0 aromatic rings. The van der Waals surface area contributed by atoms with E-state index < -0.39 is 5.97 Å². The van der Waals surface area contributed by atoms with E-state index in [1.807, 2.05) is 0 Å². The lowest BCUT2D eigenvalue weighted by atomic mass is 10.3. The molecule has 0 bridgehead atoms. The molecule has 1 aliphatic carbocycles. The fourth-order valence-electron chi connectivity index (χ4n) is 0.486. The molecule has 3 nitrogen and oxygen atoms in total. The number of hydrogen-bond acceptors (Lipinski definition) is 3. The van der Waals surface area contributed by atoms with E-state index in [2.05, 4.69) is 16.6 Å². The van der Waals surface area contributed by atoms with E-state index in [1.54, 1.807) is 0 Å². The standard InChI is InChI=1S/C7H9NO2/c1-10-6(9)2-3-7(8)4-5-7/h4-5,8H2,1H3. The fraction of sp³-hybridized carbons (Fsp3) is 0.571. The quantitative estimate of drug-likeness (QED) is 0.283. The first-order valence-corrected chi connectivity index (χ1v) is 3.06. The van der Waals surface area contributed by atoms with Crippen molar-refractivity contribution in [2.75, 3.05) is 7.11 Å². The van der Waals surface area contributed by atoms with Gasteiger partial charge >= 0.3 is 5.97 Å². The summed E-state index contributed by atoms with van der Waals surface area (Å²) in [7, 11) is 1.30. The van der Waals surface area contributed by atoms with E-state index in [1.165, 1.54) is 7.11 Å². The van der Waals surface area contributed by atoms with Gasteiger partial charge < -0.3 is 10.5 Å². The van der Waals surface area contributed by atoms with Crippen LogP contribution in [0.1, 0.15) is 12.8 Å². The molecule has 0 amide bonds. The summed E-state index contributed by atoms with van der Waals surface area (Å²) >= 11 is 0. The van der Waals surface area contributed by atoms with Crippen molar-refractivity contribution < 1.29 is 9.53 Å². The lowest BCUT2D eigenvalue weighted by molar-refractivity contribution is -0.133. The van der Waals surface area contributed by atoms with Crippen molar-refractivity contribution in [3.8, 4) is 11.8 Å². The van der Waals surface area contributed by atoms with Gasteiger partial charge in [-0.05, 0) is 12.8 Å².